The van der Waals surface area contributed by atoms with Gasteiger partial charge < -0.3 is 10.1 Å². The second kappa shape index (κ2) is 7.45. The standard InChI is InChI=1S/C15H12BrF3N2O2/c16-12-5-11(7-20-8-12)14(22)21-6-10-1-3-13(4-2-10)23-9-15(17,18)19/h1-5,7-8H,6,9H2,(H,21,22). The van der Waals surface area contributed by atoms with Gasteiger partial charge in [-0.25, -0.2) is 0 Å². The molecule has 122 valence electrons. The number of hydrogen-bond acceptors (Lipinski definition) is 3. The van der Waals surface area contributed by atoms with Crippen LogP contribution in [0.15, 0.2) is 47.2 Å². The number of nitrogens with zero attached hydrogens (tertiary/aromatic N) is 1. The quantitative estimate of drug-likeness (QED) is 0.849. The third kappa shape index (κ3) is 5.90. The Morgan fingerprint density at radius 2 is 1.91 bits per heavy atom. The molecule has 4 nitrogen and oxygen atoms in total. The fraction of sp³-hybridized carbons (Fsp3) is 0.200. The summed E-state index contributed by atoms with van der Waals surface area (Å²) in [5.41, 5.74) is 1.14. The first kappa shape index (κ1) is 17.3. The zero-order chi connectivity index (χ0) is 16.9. The number of carbonyl (C=O) groups excluding carboxylic acids is 1. The smallest absolute Gasteiger partial charge is 0.422 e. The van der Waals surface area contributed by atoms with E-state index in [0.29, 0.717) is 10.0 Å². The molecule has 0 saturated heterocycles. The summed E-state index contributed by atoms with van der Waals surface area (Å²) < 4.78 is 41.4. The second-order valence-electron chi connectivity index (χ2n) is 4.62. The summed E-state index contributed by atoms with van der Waals surface area (Å²) in [7, 11) is 0. The third-order valence-electron chi connectivity index (χ3n) is 2.75. The predicted molar refractivity (Wildman–Crippen MR) is 81.1 cm³/mol. The third-order valence-corrected chi connectivity index (χ3v) is 3.18. The van der Waals surface area contributed by atoms with Gasteiger partial charge in [0.1, 0.15) is 5.75 Å². The van der Waals surface area contributed by atoms with E-state index in [9.17, 15) is 18.0 Å². The molecule has 0 radical (unpaired) electrons. The van der Waals surface area contributed by atoms with Crippen LogP contribution in [0.25, 0.3) is 0 Å². The van der Waals surface area contributed by atoms with Gasteiger partial charge in [-0.05, 0) is 39.7 Å². The van der Waals surface area contributed by atoms with Crippen LogP contribution in [-0.4, -0.2) is 23.7 Å². The number of alkyl halides is 3. The summed E-state index contributed by atoms with van der Waals surface area (Å²) in [6.07, 6.45) is -1.37. The van der Waals surface area contributed by atoms with Crippen molar-refractivity contribution >= 4 is 21.8 Å². The van der Waals surface area contributed by atoms with Crippen molar-refractivity contribution in [2.45, 2.75) is 12.7 Å². The van der Waals surface area contributed by atoms with Gasteiger partial charge in [-0.3, -0.25) is 9.78 Å². The molecule has 1 aromatic heterocycles. The highest BCUT2D eigenvalue weighted by Gasteiger charge is 2.28. The number of ether oxygens (including phenoxy) is 1. The number of carbonyl (C=O) groups is 1. The van der Waals surface area contributed by atoms with Crippen molar-refractivity contribution in [3.8, 4) is 5.75 Å². The van der Waals surface area contributed by atoms with E-state index in [-0.39, 0.29) is 18.2 Å². The number of halogens is 4. The molecule has 0 aliphatic heterocycles. The van der Waals surface area contributed by atoms with Gasteiger partial charge in [0.2, 0.25) is 0 Å². The predicted octanol–water partition coefficient (Wildman–Crippen LogP) is 3.72. The van der Waals surface area contributed by atoms with E-state index in [1.807, 2.05) is 0 Å². The SMILES string of the molecule is O=C(NCc1ccc(OCC(F)(F)F)cc1)c1cncc(Br)c1. The van der Waals surface area contributed by atoms with Crippen LogP contribution in [0.2, 0.25) is 0 Å². The Kier molecular flexibility index (Phi) is 5.59. The van der Waals surface area contributed by atoms with Crippen molar-refractivity contribution in [2.75, 3.05) is 6.61 Å². The minimum absolute atomic E-state index is 0.119. The van der Waals surface area contributed by atoms with Gasteiger partial charge in [-0.15, -0.1) is 0 Å². The molecule has 1 heterocycles. The van der Waals surface area contributed by atoms with Gasteiger partial charge in [0.05, 0.1) is 5.56 Å². The Morgan fingerprint density at radius 3 is 2.52 bits per heavy atom. The molecule has 2 aromatic rings. The molecule has 1 N–H and O–H groups in total. The maximum atomic E-state index is 12.0. The fourth-order valence-corrected chi connectivity index (χ4v) is 2.05. The fourth-order valence-electron chi connectivity index (χ4n) is 1.69. The van der Waals surface area contributed by atoms with Crippen molar-refractivity contribution in [1.29, 1.82) is 0 Å². The first-order valence-electron chi connectivity index (χ1n) is 6.51. The highest BCUT2D eigenvalue weighted by Crippen LogP contribution is 2.19. The van der Waals surface area contributed by atoms with Gasteiger partial charge >= 0.3 is 6.18 Å². The van der Waals surface area contributed by atoms with E-state index < -0.39 is 12.8 Å². The molecule has 0 aliphatic rings. The number of benzene rings is 1. The van der Waals surface area contributed by atoms with Crippen LogP contribution in [0, 0.1) is 0 Å². The Hall–Kier alpha value is -2.09. The van der Waals surface area contributed by atoms with Crippen molar-refractivity contribution in [1.82, 2.24) is 10.3 Å². The van der Waals surface area contributed by atoms with Gasteiger partial charge in [-0.1, -0.05) is 12.1 Å². The van der Waals surface area contributed by atoms with Crippen LogP contribution < -0.4 is 10.1 Å². The number of aromatic nitrogens is 1. The molecule has 1 amide bonds. The molecule has 0 aliphatic carbocycles. The van der Waals surface area contributed by atoms with Crippen LogP contribution in [0.5, 0.6) is 5.75 Å². The Balaban J connectivity index is 1.87. The topological polar surface area (TPSA) is 51.2 Å². The first-order valence-corrected chi connectivity index (χ1v) is 7.30. The average Bonchev–Trinajstić information content (AvgIpc) is 2.51. The first-order chi connectivity index (χ1) is 10.8. The molecule has 0 spiro atoms. The second-order valence-corrected chi connectivity index (χ2v) is 5.54. The number of pyridine rings is 1. The maximum absolute atomic E-state index is 12.0. The minimum Gasteiger partial charge on any atom is -0.484 e. The lowest BCUT2D eigenvalue weighted by Crippen LogP contribution is -2.23. The molecule has 8 heteroatoms. The molecule has 2 rings (SSSR count). The van der Waals surface area contributed by atoms with E-state index in [2.05, 4.69) is 31.0 Å². The molecule has 0 bridgehead atoms. The average molecular weight is 389 g/mol. The van der Waals surface area contributed by atoms with Crippen molar-refractivity contribution in [2.24, 2.45) is 0 Å². The molecule has 0 saturated carbocycles. The van der Waals surface area contributed by atoms with Crippen molar-refractivity contribution < 1.29 is 22.7 Å². The number of rotatable bonds is 5. The number of amides is 1. The van der Waals surface area contributed by atoms with E-state index in [4.69, 9.17) is 0 Å². The zero-order valence-corrected chi connectivity index (χ0v) is 13.3. The summed E-state index contributed by atoms with van der Waals surface area (Å²) >= 11 is 3.23. The molecule has 0 fully saturated rings. The van der Waals surface area contributed by atoms with Gasteiger partial charge in [0.25, 0.3) is 5.91 Å². The van der Waals surface area contributed by atoms with Gasteiger partial charge in [-0.2, -0.15) is 13.2 Å². The maximum Gasteiger partial charge on any atom is 0.422 e. The zero-order valence-electron chi connectivity index (χ0n) is 11.7. The van der Waals surface area contributed by atoms with Gasteiger partial charge in [0, 0.05) is 23.4 Å². The minimum atomic E-state index is -4.37. The summed E-state index contributed by atoms with van der Waals surface area (Å²) in [6, 6.07) is 7.66. The normalized spacial score (nSPS) is 11.1. The Bertz CT molecular complexity index is 675. The Morgan fingerprint density at radius 1 is 1.22 bits per heavy atom. The van der Waals surface area contributed by atoms with Crippen LogP contribution in [0.4, 0.5) is 13.2 Å². The van der Waals surface area contributed by atoms with E-state index in [1.165, 1.54) is 18.3 Å². The molecular formula is C15H12BrF3N2O2. The number of hydrogen-bond donors (Lipinski definition) is 1. The van der Waals surface area contributed by atoms with Crippen LogP contribution in [0.3, 0.4) is 0 Å². The van der Waals surface area contributed by atoms with E-state index >= 15 is 0 Å². The molecule has 0 unspecified atom stereocenters. The number of nitrogens with one attached hydrogen (secondary N) is 1. The monoisotopic (exact) mass is 388 g/mol. The van der Waals surface area contributed by atoms with E-state index in [1.54, 1.807) is 24.4 Å². The molecular weight excluding hydrogens is 377 g/mol. The van der Waals surface area contributed by atoms with Crippen molar-refractivity contribution in [3.63, 3.8) is 0 Å². The lowest BCUT2D eigenvalue weighted by atomic mass is 10.2. The van der Waals surface area contributed by atoms with Crippen LogP contribution in [0.1, 0.15) is 15.9 Å². The van der Waals surface area contributed by atoms with E-state index in [0.717, 1.165) is 5.56 Å². The summed E-state index contributed by atoms with van der Waals surface area (Å²) in [5, 5.41) is 2.70. The highest BCUT2D eigenvalue weighted by atomic mass is 79.9. The van der Waals surface area contributed by atoms with Crippen LogP contribution in [-0.2, 0) is 6.54 Å². The summed E-state index contributed by atoms with van der Waals surface area (Å²) in [6.45, 7) is -1.09. The lowest BCUT2D eigenvalue weighted by Gasteiger charge is -2.10. The van der Waals surface area contributed by atoms with Crippen LogP contribution >= 0.6 is 15.9 Å². The summed E-state index contributed by atoms with van der Waals surface area (Å²) in [5.74, 6) is -0.176. The Labute approximate surface area is 138 Å². The van der Waals surface area contributed by atoms with Crippen molar-refractivity contribution in [3.05, 3.63) is 58.3 Å². The molecule has 23 heavy (non-hydrogen) atoms. The largest absolute Gasteiger partial charge is 0.484 e. The van der Waals surface area contributed by atoms with Gasteiger partial charge in [0.15, 0.2) is 6.61 Å². The molecule has 1 aromatic carbocycles. The lowest BCUT2D eigenvalue weighted by molar-refractivity contribution is -0.153. The molecule has 0 atom stereocenters. The highest BCUT2D eigenvalue weighted by molar-refractivity contribution is 9.10. The summed E-state index contributed by atoms with van der Waals surface area (Å²) in [4.78, 5) is 15.8.